The second-order valence-electron chi connectivity index (χ2n) is 9.79. The maximum Gasteiger partial charge on any atom is 0.254 e. The lowest BCUT2D eigenvalue weighted by molar-refractivity contribution is -0.137. The molecule has 1 saturated carbocycles. The Balaban J connectivity index is 1.45. The molecule has 2 aliphatic heterocycles. The molecule has 2 amide bonds. The van der Waals surface area contributed by atoms with Gasteiger partial charge in [-0.05, 0) is 43.0 Å². The van der Waals surface area contributed by atoms with Crippen LogP contribution in [0.5, 0.6) is 0 Å². The molecule has 5 heteroatoms. The first-order valence-corrected chi connectivity index (χ1v) is 12.7. The molecule has 1 atom stereocenters. The molecule has 33 heavy (non-hydrogen) atoms. The molecule has 0 aromatic heterocycles. The van der Waals surface area contributed by atoms with Crippen molar-refractivity contribution in [2.75, 3.05) is 37.6 Å². The van der Waals surface area contributed by atoms with E-state index in [4.69, 9.17) is 0 Å². The number of hydrogen-bond acceptors (Lipinski definition) is 3. The van der Waals surface area contributed by atoms with Crippen LogP contribution in [-0.2, 0) is 4.79 Å². The Morgan fingerprint density at radius 3 is 2.30 bits per heavy atom. The molecule has 2 aromatic rings. The average Bonchev–Trinajstić information content (AvgIpc) is 3.34. The average molecular weight is 446 g/mol. The lowest BCUT2D eigenvalue weighted by atomic mass is 9.70. The van der Waals surface area contributed by atoms with E-state index in [2.05, 4.69) is 45.9 Å². The summed E-state index contributed by atoms with van der Waals surface area (Å²) >= 11 is 0. The molecule has 174 valence electrons. The molecule has 1 aliphatic carbocycles. The van der Waals surface area contributed by atoms with Crippen molar-refractivity contribution < 1.29 is 9.59 Å². The highest BCUT2D eigenvalue weighted by Gasteiger charge is 2.56. The van der Waals surface area contributed by atoms with Crippen LogP contribution in [0.1, 0.15) is 67.3 Å². The number of anilines is 1. The Labute approximate surface area is 197 Å². The largest absolute Gasteiger partial charge is 0.368 e. The standard InChI is InChI=1S/C28H35N3O2/c1-2-3-17-31-26(32)24-14-8-7-13-23(24)25(28(31)15-9-10-16-28)27(33)30-20-18-29(19-21-30)22-11-5-4-6-12-22/h4-8,11-14,25H,2-3,9-10,15-21H2,1H3. The molecule has 2 fully saturated rings. The molecular formula is C28H35N3O2. The highest BCUT2D eigenvalue weighted by Crippen LogP contribution is 2.51. The monoisotopic (exact) mass is 445 g/mol. The summed E-state index contributed by atoms with van der Waals surface area (Å²) in [5, 5.41) is 0. The van der Waals surface area contributed by atoms with E-state index in [-0.39, 0.29) is 23.3 Å². The normalized spacial score (nSPS) is 22.0. The Morgan fingerprint density at radius 2 is 1.61 bits per heavy atom. The van der Waals surface area contributed by atoms with E-state index in [1.165, 1.54) is 5.69 Å². The molecule has 5 nitrogen and oxygen atoms in total. The van der Waals surface area contributed by atoms with Crippen molar-refractivity contribution in [3.8, 4) is 0 Å². The Kier molecular flexibility index (Phi) is 6.13. The SMILES string of the molecule is CCCCN1C(=O)c2ccccc2C(C(=O)N2CCN(c3ccccc3)CC2)C12CCCC2. The quantitative estimate of drug-likeness (QED) is 0.671. The number of fused-ring (bicyclic) bond motifs is 1. The van der Waals surface area contributed by atoms with E-state index in [1.807, 2.05) is 30.3 Å². The van der Waals surface area contributed by atoms with Gasteiger partial charge >= 0.3 is 0 Å². The van der Waals surface area contributed by atoms with Gasteiger partial charge in [-0.25, -0.2) is 0 Å². The van der Waals surface area contributed by atoms with E-state index in [0.717, 1.165) is 82.4 Å². The van der Waals surface area contributed by atoms with E-state index in [9.17, 15) is 9.59 Å². The van der Waals surface area contributed by atoms with Gasteiger partial charge in [0.15, 0.2) is 0 Å². The summed E-state index contributed by atoms with van der Waals surface area (Å²) in [6.07, 6.45) is 6.05. The summed E-state index contributed by atoms with van der Waals surface area (Å²) in [6, 6.07) is 18.3. The van der Waals surface area contributed by atoms with Crippen molar-refractivity contribution in [3.63, 3.8) is 0 Å². The van der Waals surface area contributed by atoms with E-state index in [0.29, 0.717) is 0 Å². The van der Waals surface area contributed by atoms with Gasteiger partial charge in [-0.15, -0.1) is 0 Å². The summed E-state index contributed by atoms with van der Waals surface area (Å²) in [5.74, 6) is 0.0824. The minimum absolute atomic E-state index is 0.124. The third-order valence-electron chi connectivity index (χ3n) is 7.99. The van der Waals surface area contributed by atoms with Crippen molar-refractivity contribution >= 4 is 17.5 Å². The number of benzene rings is 2. The molecular weight excluding hydrogens is 410 g/mol. The maximum atomic E-state index is 14.2. The van der Waals surface area contributed by atoms with Crippen LogP contribution in [0.15, 0.2) is 54.6 Å². The van der Waals surface area contributed by atoms with Crippen LogP contribution < -0.4 is 4.90 Å². The van der Waals surface area contributed by atoms with Crippen LogP contribution >= 0.6 is 0 Å². The van der Waals surface area contributed by atoms with Gasteiger partial charge in [0, 0.05) is 44.0 Å². The molecule has 1 saturated heterocycles. The van der Waals surface area contributed by atoms with E-state index >= 15 is 0 Å². The van der Waals surface area contributed by atoms with Crippen LogP contribution in [-0.4, -0.2) is 59.9 Å². The molecule has 0 N–H and O–H groups in total. The Morgan fingerprint density at radius 1 is 0.939 bits per heavy atom. The summed E-state index contributed by atoms with van der Waals surface area (Å²) < 4.78 is 0. The number of rotatable bonds is 5. The van der Waals surface area contributed by atoms with Crippen LogP contribution in [0.3, 0.4) is 0 Å². The maximum absolute atomic E-state index is 14.2. The summed E-state index contributed by atoms with van der Waals surface area (Å²) in [5.41, 5.74) is 2.53. The zero-order chi connectivity index (χ0) is 22.8. The predicted molar refractivity (Wildman–Crippen MR) is 132 cm³/mol. The van der Waals surface area contributed by atoms with Crippen molar-refractivity contribution in [1.82, 2.24) is 9.80 Å². The van der Waals surface area contributed by atoms with Crippen molar-refractivity contribution in [1.29, 1.82) is 0 Å². The third-order valence-corrected chi connectivity index (χ3v) is 7.99. The molecule has 0 radical (unpaired) electrons. The number of amides is 2. The lowest BCUT2D eigenvalue weighted by Crippen LogP contribution is -2.62. The fraction of sp³-hybridized carbons (Fsp3) is 0.500. The number of piperazine rings is 1. The second-order valence-corrected chi connectivity index (χ2v) is 9.79. The Bertz CT molecular complexity index is 991. The minimum Gasteiger partial charge on any atom is -0.368 e. The molecule has 2 heterocycles. The number of para-hydroxylation sites is 1. The summed E-state index contributed by atoms with van der Waals surface area (Å²) in [4.78, 5) is 34.4. The minimum atomic E-state index is -0.367. The molecule has 5 rings (SSSR count). The van der Waals surface area contributed by atoms with Crippen LogP contribution in [0.4, 0.5) is 5.69 Å². The number of unbranched alkanes of at least 4 members (excludes halogenated alkanes) is 1. The summed E-state index contributed by atoms with van der Waals surface area (Å²) in [6.45, 7) is 6.05. The molecule has 3 aliphatic rings. The van der Waals surface area contributed by atoms with Gasteiger partial charge in [0.25, 0.3) is 5.91 Å². The fourth-order valence-electron chi connectivity index (χ4n) is 6.29. The Hall–Kier alpha value is -2.82. The lowest BCUT2D eigenvalue weighted by Gasteiger charge is -2.51. The number of carbonyl (C=O) groups excluding carboxylic acids is 2. The van der Waals surface area contributed by atoms with Crippen LogP contribution in [0.2, 0.25) is 0 Å². The third kappa shape index (κ3) is 3.81. The van der Waals surface area contributed by atoms with Gasteiger partial charge in [-0.3, -0.25) is 9.59 Å². The smallest absolute Gasteiger partial charge is 0.254 e. The van der Waals surface area contributed by atoms with Crippen molar-refractivity contribution in [3.05, 3.63) is 65.7 Å². The first-order valence-electron chi connectivity index (χ1n) is 12.7. The first-order chi connectivity index (χ1) is 16.2. The van der Waals surface area contributed by atoms with Gasteiger partial charge in [0.2, 0.25) is 5.91 Å². The molecule has 2 aromatic carbocycles. The molecule has 1 unspecified atom stereocenters. The van der Waals surface area contributed by atoms with Gasteiger partial charge in [0.05, 0.1) is 11.5 Å². The highest BCUT2D eigenvalue weighted by atomic mass is 16.2. The number of carbonyl (C=O) groups is 2. The second kappa shape index (κ2) is 9.20. The van der Waals surface area contributed by atoms with Gasteiger partial charge < -0.3 is 14.7 Å². The van der Waals surface area contributed by atoms with Crippen LogP contribution in [0, 0.1) is 0 Å². The van der Waals surface area contributed by atoms with Crippen molar-refractivity contribution in [2.24, 2.45) is 0 Å². The number of hydrogen-bond donors (Lipinski definition) is 0. The molecule has 1 spiro atoms. The topological polar surface area (TPSA) is 43.9 Å². The molecule has 0 bridgehead atoms. The number of nitrogens with zero attached hydrogens (tertiary/aromatic N) is 3. The van der Waals surface area contributed by atoms with Crippen molar-refractivity contribution in [2.45, 2.75) is 56.9 Å². The first kappa shape index (κ1) is 22.0. The summed E-state index contributed by atoms with van der Waals surface area (Å²) in [7, 11) is 0. The predicted octanol–water partition coefficient (Wildman–Crippen LogP) is 4.69. The zero-order valence-electron chi connectivity index (χ0n) is 19.7. The van der Waals surface area contributed by atoms with E-state index < -0.39 is 0 Å². The highest BCUT2D eigenvalue weighted by molar-refractivity contribution is 6.02. The van der Waals surface area contributed by atoms with Gasteiger partial charge in [-0.2, -0.15) is 0 Å². The fourth-order valence-corrected chi connectivity index (χ4v) is 6.29. The van der Waals surface area contributed by atoms with Gasteiger partial charge in [0.1, 0.15) is 0 Å². The van der Waals surface area contributed by atoms with Gasteiger partial charge in [-0.1, -0.05) is 62.6 Å². The zero-order valence-corrected chi connectivity index (χ0v) is 19.7. The van der Waals surface area contributed by atoms with Crippen LogP contribution in [0.25, 0.3) is 0 Å². The van der Waals surface area contributed by atoms with E-state index in [1.54, 1.807) is 0 Å².